The first-order valence-electron chi connectivity index (χ1n) is 3.20. The van der Waals surface area contributed by atoms with Crippen LogP contribution in [0.25, 0.3) is 0 Å². The van der Waals surface area contributed by atoms with Gasteiger partial charge < -0.3 is 19.7 Å². The number of halogens is 3. The molecular formula is C7H2Cl3O4-. The van der Waals surface area contributed by atoms with Gasteiger partial charge in [-0.2, -0.15) is 0 Å². The summed E-state index contributed by atoms with van der Waals surface area (Å²) in [5.41, 5.74) is 0. The summed E-state index contributed by atoms with van der Waals surface area (Å²) in [5.74, 6) is -0.0646. The number of benzene rings is 1. The minimum atomic E-state index is -1.84. The van der Waals surface area contributed by atoms with Gasteiger partial charge in [-0.25, -0.2) is 0 Å². The van der Waals surface area contributed by atoms with E-state index in [1.54, 1.807) is 0 Å². The highest BCUT2D eigenvalue weighted by Crippen LogP contribution is 2.33. The lowest BCUT2D eigenvalue weighted by atomic mass is 10.3. The SMILES string of the molecule is O=C([O-])OOc1cc(Cl)c(Cl)cc1Cl. The zero-order valence-corrected chi connectivity index (χ0v) is 8.69. The van der Waals surface area contributed by atoms with E-state index in [0.29, 0.717) is 0 Å². The quantitative estimate of drug-likeness (QED) is 0.463. The van der Waals surface area contributed by atoms with Crippen molar-refractivity contribution in [2.75, 3.05) is 0 Å². The van der Waals surface area contributed by atoms with E-state index in [1.807, 2.05) is 0 Å². The number of carbonyl (C=O) groups excluding carboxylic acids is 1. The maximum absolute atomic E-state index is 9.88. The second-order valence-corrected chi connectivity index (χ2v) is 3.34. The molecular weight excluding hydrogens is 254 g/mol. The maximum atomic E-state index is 9.88. The smallest absolute Gasteiger partial charge is 0.291 e. The highest BCUT2D eigenvalue weighted by Gasteiger charge is 2.07. The molecule has 1 aromatic carbocycles. The van der Waals surface area contributed by atoms with Crippen LogP contribution >= 0.6 is 34.8 Å². The molecule has 0 fully saturated rings. The summed E-state index contributed by atoms with van der Waals surface area (Å²) in [4.78, 5) is 17.9. The number of rotatable bonds is 2. The Morgan fingerprint density at radius 1 is 1.14 bits per heavy atom. The summed E-state index contributed by atoms with van der Waals surface area (Å²) in [5, 5.41) is 10.3. The van der Waals surface area contributed by atoms with E-state index >= 15 is 0 Å². The van der Waals surface area contributed by atoms with Crippen LogP contribution in [0.15, 0.2) is 12.1 Å². The summed E-state index contributed by atoms with van der Waals surface area (Å²) in [6.45, 7) is 0. The van der Waals surface area contributed by atoms with E-state index in [1.165, 1.54) is 12.1 Å². The van der Waals surface area contributed by atoms with Gasteiger partial charge in [-0.3, -0.25) is 0 Å². The molecule has 0 atom stereocenters. The molecule has 76 valence electrons. The van der Waals surface area contributed by atoms with E-state index in [2.05, 4.69) is 9.78 Å². The van der Waals surface area contributed by atoms with Gasteiger partial charge >= 0.3 is 0 Å². The zero-order valence-electron chi connectivity index (χ0n) is 6.42. The summed E-state index contributed by atoms with van der Waals surface area (Å²) < 4.78 is 0. The third-order valence-electron chi connectivity index (χ3n) is 1.17. The molecule has 0 aliphatic rings. The Morgan fingerprint density at radius 3 is 2.29 bits per heavy atom. The Morgan fingerprint density at radius 2 is 1.71 bits per heavy atom. The number of hydrogen-bond donors (Lipinski definition) is 0. The minimum Gasteiger partial charge on any atom is -0.423 e. The lowest BCUT2D eigenvalue weighted by Crippen LogP contribution is -2.25. The summed E-state index contributed by atoms with van der Waals surface area (Å²) in [6, 6.07) is 2.51. The van der Waals surface area contributed by atoms with Gasteiger partial charge in [-0.1, -0.05) is 34.8 Å². The van der Waals surface area contributed by atoms with E-state index in [9.17, 15) is 9.90 Å². The molecule has 0 saturated carbocycles. The van der Waals surface area contributed by atoms with Crippen LogP contribution in [0.2, 0.25) is 15.1 Å². The van der Waals surface area contributed by atoms with E-state index < -0.39 is 6.16 Å². The Hall–Kier alpha value is -0.840. The number of carbonyl (C=O) groups is 1. The van der Waals surface area contributed by atoms with Crippen molar-refractivity contribution in [3.63, 3.8) is 0 Å². The highest BCUT2D eigenvalue weighted by atomic mass is 35.5. The lowest BCUT2D eigenvalue weighted by Gasteiger charge is -2.10. The van der Waals surface area contributed by atoms with Crippen LogP contribution in [0.4, 0.5) is 4.79 Å². The largest absolute Gasteiger partial charge is 0.423 e. The van der Waals surface area contributed by atoms with Crippen LogP contribution in [0.5, 0.6) is 5.75 Å². The molecule has 0 aromatic heterocycles. The zero-order chi connectivity index (χ0) is 10.7. The molecule has 0 heterocycles. The van der Waals surface area contributed by atoms with E-state index in [0.717, 1.165) is 0 Å². The lowest BCUT2D eigenvalue weighted by molar-refractivity contribution is -0.330. The Kier molecular flexibility index (Phi) is 3.69. The van der Waals surface area contributed by atoms with Crippen LogP contribution in [0.1, 0.15) is 0 Å². The Labute approximate surface area is 93.8 Å². The molecule has 0 aliphatic heterocycles. The molecule has 0 unspecified atom stereocenters. The third kappa shape index (κ3) is 2.83. The van der Waals surface area contributed by atoms with Crippen molar-refractivity contribution in [3.8, 4) is 5.75 Å². The first kappa shape index (κ1) is 11.2. The fourth-order valence-corrected chi connectivity index (χ4v) is 1.22. The molecule has 0 bridgehead atoms. The molecule has 1 rings (SSSR count). The summed E-state index contributed by atoms with van der Waals surface area (Å²) in [6.07, 6.45) is -1.84. The molecule has 4 nitrogen and oxygen atoms in total. The van der Waals surface area contributed by atoms with Crippen LogP contribution in [0.3, 0.4) is 0 Å². The first-order valence-corrected chi connectivity index (χ1v) is 4.34. The molecule has 7 heteroatoms. The van der Waals surface area contributed by atoms with E-state index in [-0.39, 0.29) is 20.8 Å². The molecule has 0 aliphatic carbocycles. The topological polar surface area (TPSA) is 58.6 Å². The predicted octanol–water partition coefficient (Wildman–Crippen LogP) is 2.30. The Balaban J connectivity index is 2.87. The van der Waals surface area contributed by atoms with Crippen molar-refractivity contribution in [2.45, 2.75) is 0 Å². The summed E-state index contributed by atoms with van der Waals surface area (Å²) in [7, 11) is 0. The van der Waals surface area contributed by atoms with Crippen molar-refractivity contribution in [1.29, 1.82) is 0 Å². The minimum absolute atomic E-state index is 0.0646. The van der Waals surface area contributed by atoms with Gasteiger partial charge in [0, 0.05) is 6.07 Å². The molecule has 0 saturated heterocycles. The van der Waals surface area contributed by atoms with Crippen LogP contribution in [-0.2, 0) is 4.89 Å². The number of hydrogen-bond acceptors (Lipinski definition) is 4. The first-order chi connectivity index (χ1) is 6.50. The fourth-order valence-electron chi connectivity index (χ4n) is 0.647. The standard InChI is InChI=1S/C7H3Cl3O4/c8-3-1-5(10)6(2-4(3)9)13-14-7(11)12/h1-2H,(H,11,12)/p-1. The molecule has 0 amide bonds. The molecule has 0 spiro atoms. The molecule has 0 radical (unpaired) electrons. The van der Waals surface area contributed by atoms with Crippen LogP contribution in [0, 0.1) is 0 Å². The van der Waals surface area contributed by atoms with Crippen LogP contribution < -0.4 is 9.99 Å². The van der Waals surface area contributed by atoms with Gasteiger partial charge in [0.2, 0.25) is 0 Å². The highest BCUT2D eigenvalue weighted by molar-refractivity contribution is 6.43. The maximum Gasteiger partial charge on any atom is 0.291 e. The fraction of sp³-hybridized carbons (Fsp3) is 0. The van der Waals surface area contributed by atoms with Gasteiger partial charge in [-0.05, 0) is 6.07 Å². The molecule has 0 N–H and O–H groups in total. The van der Waals surface area contributed by atoms with Crippen LogP contribution in [-0.4, -0.2) is 6.16 Å². The van der Waals surface area contributed by atoms with E-state index in [4.69, 9.17) is 34.8 Å². The Bertz CT molecular complexity index is 366. The van der Waals surface area contributed by atoms with Gasteiger partial charge in [0.15, 0.2) is 5.75 Å². The monoisotopic (exact) mass is 255 g/mol. The average molecular weight is 256 g/mol. The normalized spacial score (nSPS) is 9.64. The number of carboxylic acid groups (broad SMARTS) is 1. The van der Waals surface area contributed by atoms with Crippen molar-refractivity contribution >= 4 is 41.0 Å². The predicted molar refractivity (Wildman–Crippen MR) is 48.6 cm³/mol. The third-order valence-corrected chi connectivity index (χ3v) is 2.19. The second kappa shape index (κ2) is 4.59. The molecule has 1 aromatic rings. The molecule has 14 heavy (non-hydrogen) atoms. The van der Waals surface area contributed by atoms with Crippen molar-refractivity contribution < 1.29 is 19.7 Å². The van der Waals surface area contributed by atoms with Gasteiger partial charge in [-0.15, -0.1) is 0 Å². The van der Waals surface area contributed by atoms with Crippen molar-refractivity contribution in [1.82, 2.24) is 0 Å². The van der Waals surface area contributed by atoms with Crippen molar-refractivity contribution in [2.24, 2.45) is 0 Å². The van der Waals surface area contributed by atoms with Gasteiger partial charge in [0.25, 0.3) is 6.16 Å². The average Bonchev–Trinajstić information content (AvgIpc) is 2.09. The summed E-state index contributed by atoms with van der Waals surface area (Å²) >= 11 is 16.8. The second-order valence-electron chi connectivity index (χ2n) is 2.11. The van der Waals surface area contributed by atoms with Crippen molar-refractivity contribution in [3.05, 3.63) is 27.2 Å². The van der Waals surface area contributed by atoms with Gasteiger partial charge in [0.1, 0.15) is 0 Å². The van der Waals surface area contributed by atoms with Gasteiger partial charge in [0.05, 0.1) is 15.1 Å².